The van der Waals surface area contributed by atoms with E-state index in [4.69, 9.17) is 5.11 Å². The lowest BCUT2D eigenvalue weighted by atomic mass is 9.46. The molecular formula is C17H22O3. The topological polar surface area (TPSA) is 54.4 Å². The van der Waals surface area contributed by atoms with Crippen molar-refractivity contribution >= 4 is 11.8 Å². The van der Waals surface area contributed by atoms with Gasteiger partial charge in [0.15, 0.2) is 5.78 Å². The lowest BCUT2D eigenvalue weighted by molar-refractivity contribution is -0.140. The van der Waals surface area contributed by atoms with Crippen molar-refractivity contribution in [3.8, 4) is 0 Å². The molecular weight excluding hydrogens is 252 g/mol. The highest BCUT2D eigenvalue weighted by molar-refractivity contribution is 5.96. The largest absolute Gasteiger partial charge is 0.481 e. The molecule has 2 bridgehead atoms. The van der Waals surface area contributed by atoms with Gasteiger partial charge in [0.1, 0.15) is 0 Å². The van der Waals surface area contributed by atoms with Crippen LogP contribution in [0.4, 0.5) is 0 Å². The monoisotopic (exact) mass is 274 g/mol. The number of allylic oxidation sites excluding steroid dienone is 4. The summed E-state index contributed by atoms with van der Waals surface area (Å²) in [5, 5.41) is 8.97. The number of ketones is 1. The molecule has 0 aliphatic heterocycles. The number of carboxylic acid groups (broad SMARTS) is 1. The summed E-state index contributed by atoms with van der Waals surface area (Å²) in [7, 11) is 0. The minimum absolute atomic E-state index is 0.00000331. The van der Waals surface area contributed by atoms with E-state index in [-0.39, 0.29) is 23.5 Å². The number of carbonyl (C=O) groups is 2. The van der Waals surface area contributed by atoms with Crippen LogP contribution < -0.4 is 0 Å². The first-order valence-electron chi connectivity index (χ1n) is 7.52. The van der Waals surface area contributed by atoms with Crippen LogP contribution in [-0.4, -0.2) is 16.9 Å². The molecule has 0 aromatic heterocycles. The molecule has 3 heteroatoms. The van der Waals surface area contributed by atoms with E-state index < -0.39 is 11.4 Å². The fourth-order valence-corrected chi connectivity index (χ4v) is 4.71. The first-order chi connectivity index (χ1) is 9.37. The number of hydrogen-bond donors (Lipinski definition) is 1. The van der Waals surface area contributed by atoms with Crippen LogP contribution in [0.3, 0.4) is 0 Å². The molecule has 4 aliphatic rings. The second kappa shape index (κ2) is 4.31. The molecule has 1 fully saturated rings. The minimum Gasteiger partial charge on any atom is -0.481 e. The van der Waals surface area contributed by atoms with Crippen LogP contribution in [0.1, 0.15) is 46.0 Å². The van der Waals surface area contributed by atoms with Crippen molar-refractivity contribution in [3.63, 3.8) is 0 Å². The third-order valence-electron chi connectivity index (χ3n) is 5.97. The second-order valence-corrected chi connectivity index (χ2v) is 7.03. The van der Waals surface area contributed by atoms with E-state index in [9.17, 15) is 9.59 Å². The van der Waals surface area contributed by atoms with E-state index in [2.05, 4.69) is 19.1 Å². The maximum Gasteiger partial charge on any atom is 0.303 e. The van der Waals surface area contributed by atoms with Gasteiger partial charge in [0.2, 0.25) is 0 Å². The Hall–Kier alpha value is -1.38. The Balaban J connectivity index is 2.00. The molecule has 0 unspecified atom stereocenters. The van der Waals surface area contributed by atoms with Crippen molar-refractivity contribution in [2.24, 2.45) is 22.7 Å². The summed E-state index contributed by atoms with van der Waals surface area (Å²) in [6.07, 6.45) is 10.0. The Morgan fingerprint density at radius 2 is 2.25 bits per heavy atom. The summed E-state index contributed by atoms with van der Waals surface area (Å²) in [5.74, 6) is 0.169. The highest BCUT2D eigenvalue weighted by atomic mass is 16.4. The molecule has 4 aliphatic carbocycles. The van der Waals surface area contributed by atoms with Gasteiger partial charge in [0, 0.05) is 17.3 Å². The lowest BCUT2D eigenvalue weighted by Gasteiger charge is -2.56. The Bertz CT molecular complexity index is 530. The molecule has 4 atom stereocenters. The Labute approximate surface area is 119 Å². The first-order valence-corrected chi connectivity index (χ1v) is 7.52. The fourth-order valence-electron chi connectivity index (χ4n) is 4.71. The molecule has 20 heavy (non-hydrogen) atoms. The van der Waals surface area contributed by atoms with Crippen LogP contribution in [0.25, 0.3) is 0 Å². The molecule has 3 nitrogen and oxygen atoms in total. The molecule has 0 heterocycles. The van der Waals surface area contributed by atoms with Crippen LogP contribution in [0, 0.1) is 22.7 Å². The van der Waals surface area contributed by atoms with Crippen molar-refractivity contribution in [2.45, 2.75) is 46.0 Å². The lowest BCUT2D eigenvalue weighted by Crippen LogP contribution is -2.52. The van der Waals surface area contributed by atoms with Gasteiger partial charge < -0.3 is 5.11 Å². The summed E-state index contributed by atoms with van der Waals surface area (Å²) in [6.45, 7) is 4.18. The highest BCUT2D eigenvalue weighted by Gasteiger charge is 2.56. The van der Waals surface area contributed by atoms with Gasteiger partial charge in [-0.3, -0.25) is 9.59 Å². The minimum atomic E-state index is -0.810. The number of aliphatic carboxylic acids is 1. The van der Waals surface area contributed by atoms with Crippen molar-refractivity contribution in [1.82, 2.24) is 0 Å². The number of carbonyl (C=O) groups excluding carboxylic acids is 1. The summed E-state index contributed by atoms with van der Waals surface area (Å²) >= 11 is 0. The summed E-state index contributed by atoms with van der Waals surface area (Å²) in [5.41, 5.74) is 0.940. The van der Waals surface area contributed by atoms with E-state index in [0.29, 0.717) is 12.3 Å². The maximum atomic E-state index is 12.4. The van der Waals surface area contributed by atoms with Gasteiger partial charge in [0.25, 0.3) is 0 Å². The quantitative estimate of drug-likeness (QED) is 0.803. The highest BCUT2D eigenvalue weighted by Crippen LogP contribution is 2.61. The molecule has 1 spiro atoms. The van der Waals surface area contributed by atoms with Crippen molar-refractivity contribution in [1.29, 1.82) is 0 Å². The normalized spacial score (nSPS) is 42.3. The molecule has 108 valence electrons. The van der Waals surface area contributed by atoms with Crippen molar-refractivity contribution < 1.29 is 14.7 Å². The molecule has 4 rings (SSSR count). The van der Waals surface area contributed by atoms with Gasteiger partial charge in [0.05, 0.1) is 0 Å². The van der Waals surface area contributed by atoms with Crippen LogP contribution in [0.2, 0.25) is 0 Å². The van der Waals surface area contributed by atoms with E-state index in [1.165, 1.54) is 12.0 Å². The zero-order valence-corrected chi connectivity index (χ0v) is 12.2. The van der Waals surface area contributed by atoms with Crippen molar-refractivity contribution in [3.05, 3.63) is 23.8 Å². The van der Waals surface area contributed by atoms with E-state index in [0.717, 1.165) is 12.8 Å². The Morgan fingerprint density at radius 3 is 2.90 bits per heavy atom. The average Bonchev–Trinajstić information content (AvgIpc) is 2.41. The predicted molar refractivity (Wildman–Crippen MR) is 76.1 cm³/mol. The Kier molecular flexibility index (Phi) is 2.93. The standard InChI is InChI=1S/C17H22O3/c1-11-10-17-7-3-12(11)9-13(17)16(2,6-5-15(19)20)14(18)4-8-17/h4,8,10,12-13H,3,5-7,9H2,1-2H3,(H,19,20)/t12-,13-,16-,17+/m0/s1. The zero-order chi connectivity index (χ0) is 14.5. The van der Waals surface area contributed by atoms with Crippen LogP contribution in [-0.2, 0) is 9.59 Å². The van der Waals surface area contributed by atoms with E-state index in [1.807, 2.05) is 6.92 Å². The second-order valence-electron chi connectivity index (χ2n) is 7.03. The van der Waals surface area contributed by atoms with Crippen LogP contribution >= 0.6 is 0 Å². The fraction of sp³-hybridized carbons (Fsp3) is 0.647. The van der Waals surface area contributed by atoms with E-state index in [1.54, 1.807) is 6.08 Å². The summed E-state index contributed by atoms with van der Waals surface area (Å²) in [4.78, 5) is 23.4. The number of rotatable bonds is 3. The third kappa shape index (κ3) is 1.79. The van der Waals surface area contributed by atoms with Gasteiger partial charge >= 0.3 is 5.97 Å². The molecule has 1 saturated carbocycles. The molecule has 1 N–H and O–H groups in total. The SMILES string of the molecule is CC1=C[C@@]23C=CC(=O)[C@@](C)(CCC(=O)O)[C@@H]2C[C@@H]1CC3. The van der Waals surface area contributed by atoms with Gasteiger partial charge in [-0.15, -0.1) is 0 Å². The van der Waals surface area contributed by atoms with Crippen molar-refractivity contribution in [2.75, 3.05) is 0 Å². The average molecular weight is 274 g/mol. The molecule has 0 aromatic rings. The Morgan fingerprint density at radius 1 is 1.50 bits per heavy atom. The van der Waals surface area contributed by atoms with Gasteiger partial charge in [-0.1, -0.05) is 24.6 Å². The molecule has 0 aromatic carbocycles. The van der Waals surface area contributed by atoms with Crippen LogP contribution in [0.5, 0.6) is 0 Å². The molecule has 0 radical (unpaired) electrons. The smallest absolute Gasteiger partial charge is 0.303 e. The van der Waals surface area contributed by atoms with Crippen LogP contribution in [0.15, 0.2) is 23.8 Å². The first kappa shape index (κ1) is 13.6. The summed E-state index contributed by atoms with van der Waals surface area (Å²) in [6, 6.07) is 0. The molecule has 0 amide bonds. The van der Waals surface area contributed by atoms with Gasteiger partial charge in [-0.05, 0) is 50.5 Å². The number of carboxylic acids is 1. The molecule has 0 saturated heterocycles. The zero-order valence-electron chi connectivity index (χ0n) is 12.2. The third-order valence-corrected chi connectivity index (χ3v) is 5.97. The van der Waals surface area contributed by atoms with E-state index >= 15 is 0 Å². The maximum absolute atomic E-state index is 12.4. The predicted octanol–water partition coefficient (Wildman–Crippen LogP) is 3.36. The summed E-state index contributed by atoms with van der Waals surface area (Å²) < 4.78 is 0. The van der Waals surface area contributed by atoms with Gasteiger partial charge in [-0.2, -0.15) is 0 Å². The number of hydrogen-bond acceptors (Lipinski definition) is 2. The number of fused-ring (bicyclic) bond motifs is 1. The van der Waals surface area contributed by atoms with Gasteiger partial charge in [-0.25, -0.2) is 0 Å².